The van der Waals surface area contributed by atoms with Crippen LogP contribution in [0.4, 0.5) is 0 Å². The molecule has 0 saturated heterocycles. The van der Waals surface area contributed by atoms with Crippen molar-refractivity contribution in [3.63, 3.8) is 0 Å². The summed E-state index contributed by atoms with van der Waals surface area (Å²) >= 11 is 0. The van der Waals surface area contributed by atoms with Crippen molar-refractivity contribution in [2.24, 2.45) is 0 Å². The first-order valence-electron chi connectivity index (χ1n) is 10.1. The van der Waals surface area contributed by atoms with Crippen LogP contribution in [0.2, 0.25) is 0 Å². The van der Waals surface area contributed by atoms with Gasteiger partial charge in [-0.05, 0) is 71.1 Å². The van der Waals surface area contributed by atoms with Crippen molar-refractivity contribution in [3.05, 3.63) is 101 Å². The third kappa shape index (κ3) is 5.92. The van der Waals surface area contributed by atoms with Crippen molar-refractivity contribution in [2.75, 3.05) is 7.11 Å². The van der Waals surface area contributed by atoms with Crippen molar-refractivity contribution in [2.45, 2.75) is 26.2 Å². The summed E-state index contributed by atoms with van der Waals surface area (Å²) in [6, 6.07) is 21.4. The second-order valence-corrected chi connectivity index (χ2v) is 8.21. The average molecular weight is 415 g/mol. The minimum Gasteiger partial charge on any atom is -0.497 e. The Kier molecular flexibility index (Phi) is 6.71. The summed E-state index contributed by atoms with van der Waals surface area (Å²) in [5.74, 6) is 0.588. The maximum Gasteiger partial charge on any atom is 0.343 e. The van der Waals surface area contributed by atoms with Gasteiger partial charge in [-0.15, -0.1) is 0 Å². The number of methoxy groups -OCH3 is 1. The van der Waals surface area contributed by atoms with E-state index in [0.717, 1.165) is 16.9 Å². The second kappa shape index (κ2) is 9.43. The zero-order valence-corrected chi connectivity index (χ0v) is 18.2. The van der Waals surface area contributed by atoms with Crippen LogP contribution in [-0.2, 0) is 5.41 Å². The Morgan fingerprint density at radius 1 is 0.742 bits per heavy atom. The van der Waals surface area contributed by atoms with Crippen molar-refractivity contribution in [1.29, 1.82) is 0 Å². The smallest absolute Gasteiger partial charge is 0.343 e. The molecule has 0 N–H and O–H groups in total. The molecule has 0 fully saturated rings. The third-order valence-corrected chi connectivity index (χ3v) is 4.88. The van der Waals surface area contributed by atoms with Gasteiger partial charge in [0.05, 0.1) is 12.7 Å². The Balaban J connectivity index is 1.62. The van der Waals surface area contributed by atoms with Crippen LogP contribution in [0.3, 0.4) is 0 Å². The van der Waals surface area contributed by atoms with E-state index in [4.69, 9.17) is 9.47 Å². The van der Waals surface area contributed by atoms with E-state index in [1.54, 1.807) is 49.6 Å². The molecule has 3 aromatic carbocycles. The quantitative estimate of drug-likeness (QED) is 0.211. The summed E-state index contributed by atoms with van der Waals surface area (Å²) in [6.07, 6.45) is 3.26. The van der Waals surface area contributed by atoms with Gasteiger partial charge in [0.2, 0.25) is 0 Å². The third-order valence-electron chi connectivity index (χ3n) is 4.88. The number of esters is 1. The fourth-order valence-corrected chi connectivity index (χ4v) is 2.94. The standard InChI is InChI=1S/C27H26O4/c1-27(2,3)22-12-8-21(9-13-22)26(29)31-24-16-10-20(11-17-24)25(28)18-7-19-5-14-23(30-4)15-6-19/h5-18H,1-4H3/b18-7+. The molecule has 0 aliphatic heterocycles. The molecule has 0 aliphatic rings. The van der Waals surface area contributed by atoms with E-state index in [-0.39, 0.29) is 11.2 Å². The number of hydrogen-bond acceptors (Lipinski definition) is 4. The molecular formula is C27H26O4. The van der Waals surface area contributed by atoms with E-state index in [2.05, 4.69) is 20.8 Å². The van der Waals surface area contributed by atoms with E-state index in [1.807, 2.05) is 36.4 Å². The molecule has 4 heteroatoms. The summed E-state index contributed by atoms with van der Waals surface area (Å²) in [4.78, 5) is 24.8. The summed E-state index contributed by atoms with van der Waals surface area (Å²) in [7, 11) is 1.61. The molecule has 0 unspecified atom stereocenters. The van der Waals surface area contributed by atoms with Crippen LogP contribution in [-0.4, -0.2) is 18.9 Å². The molecule has 0 bridgehead atoms. The fraction of sp³-hybridized carbons (Fsp3) is 0.185. The van der Waals surface area contributed by atoms with E-state index in [0.29, 0.717) is 16.9 Å². The monoisotopic (exact) mass is 414 g/mol. The first-order chi connectivity index (χ1) is 14.8. The van der Waals surface area contributed by atoms with Gasteiger partial charge in [0.25, 0.3) is 0 Å². The van der Waals surface area contributed by atoms with Gasteiger partial charge in [0.1, 0.15) is 11.5 Å². The van der Waals surface area contributed by atoms with Crippen molar-refractivity contribution in [1.82, 2.24) is 0 Å². The average Bonchev–Trinajstić information content (AvgIpc) is 2.77. The maximum absolute atomic E-state index is 12.4. The molecule has 3 rings (SSSR count). The first-order valence-corrected chi connectivity index (χ1v) is 10.1. The van der Waals surface area contributed by atoms with Crippen LogP contribution in [0.5, 0.6) is 11.5 Å². The number of rotatable bonds is 6. The highest BCUT2D eigenvalue weighted by molar-refractivity contribution is 6.06. The molecule has 158 valence electrons. The van der Waals surface area contributed by atoms with Gasteiger partial charge >= 0.3 is 5.97 Å². The molecule has 0 aromatic heterocycles. The van der Waals surface area contributed by atoms with Crippen molar-refractivity contribution >= 4 is 17.8 Å². The van der Waals surface area contributed by atoms with Crippen LogP contribution < -0.4 is 9.47 Å². The number of allylic oxidation sites excluding steroid dienone is 1. The van der Waals surface area contributed by atoms with Crippen molar-refractivity contribution in [3.8, 4) is 11.5 Å². The fourth-order valence-electron chi connectivity index (χ4n) is 2.94. The molecule has 0 saturated carbocycles. The number of ketones is 1. The molecule has 0 heterocycles. The lowest BCUT2D eigenvalue weighted by atomic mass is 9.87. The Labute approximate surface area is 183 Å². The number of hydrogen-bond donors (Lipinski definition) is 0. The van der Waals surface area contributed by atoms with Gasteiger partial charge in [-0.3, -0.25) is 4.79 Å². The highest BCUT2D eigenvalue weighted by Crippen LogP contribution is 2.23. The van der Waals surface area contributed by atoms with Crippen LogP contribution in [0, 0.1) is 0 Å². The summed E-state index contributed by atoms with van der Waals surface area (Å²) in [5, 5.41) is 0. The zero-order valence-electron chi connectivity index (χ0n) is 18.2. The van der Waals surface area contributed by atoms with E-state index in [9.17, 15) is 9.59 Å². The number of ether oxygens (including phenoxy) is 2. The Morgan fingerprint density at radius 2 is 1.29 bits per heavy atom. The molecule has 4 nitrogen and oxygen atoms in total. The van der Waals surface area contributed by atoms with Crippen LogP contribution in [0.25, 0.3) is 6.08 Å². The van der Waals surface area contributed by atoms with Gasteiger partial charge in [0.15, 0.2) is 5.78 Å². The Morgan fingerprint density at radius 3 is 1.84 bits per heavy atom. The van der Waals surface area contributed by atoms with Crippen molar-refractivity contribution < 1.29 is 19.1 Å². The molecule has 31 heavy (non-hydrogen) atoms. The minimum absolute atomic E-state index is 0.0205. The lowest BCUT2D eigenvalue weighted by Gasteiger charge is -2.18. The van der Waals surface area contributed by atoms with Crippen LogP contribution in [0.15, 0.2) is 78.9 Å². The normalized spacial score (nSPS) is 11.4. The van der Waals surface area contributed by atoms with E-state index in [1.165, 1.54) is 6.08 Å². The topological polar surface area (TPSA) is 52.6 Å². The Hall–Kier alpha value is -3.66. The van der Waals surface area contributed by atoms with Gasteiger partial charge in [0, 0.05) is 5.56 Å². The predicted octanol–water partition coefficient (Wildman–Crippen LogP) is 6.11. The summed E-state index contributed by atoms with van der Waals surface area (Å²) in [5.41, 5.74) is 3.06. The second-order valence-electron chi connectivity index (χ2n) is 8.21. The lowest BCUT2D eigenvalue weighted by Crippen LogP contribution is -2.13. The number of carbonyl (C=O) groups is 2. The Bertz CT molecular complexity index is 1070. The van der Waals surface area contributed by atoms with Gasteiger partial charge in [-0.2, -0.15) is 0 Å². The highest BCUT2D eigenvalue weighted by Gasteiger charge is 2.15. The van der Waals surface area contributed by atoms with Crippen LogP contribution >= 0.6 is 0 Å². The molecule has 0 amide bonds. The van der Waals surface area contributed by atoms with Gasteiger partial charge < -0.3 is 9.47 Å². The molecular weight excluding hydrogens is 388 g/mol. The first kappa shape index (κ1) is 22.0. The minimum atomic E-state index is -0.432. The maximum atomic E-state index is 12.4. The highest BCUT2D eigenvalue weighted by atomic mass is 16.5. The van der Waals surface area contributed by atoms with Gasteiger partial charge in [-0.1, -0.05) is 51.1 Å². The largest absolute Gasteiger partial charge is 0.497 e. The number of carbonyl (C=O) groups excluding carboxylic acids is 2. The van der Waals surface area contributed by atoms with E-state index < -0.39 is 5.97 Å². The SMILES string of the molecule is COc1ccc(/C=C/C(=O)c2ccc(OC(=O)c3ccc(C(C)(C)C)cc3)cc2)cc1. The van der Waals surface area contributed by atoms with Gasteiger partial charge in [-0.25, -0.2) is 4.79 Å². The zero-order chi connectivity index (χ0) is 22.4. The predicted molar refractivity (Wildman–Crippen MR) is 123 cm³/mol. The molecule has 0 radical (unpaired) electrons. The molecule has 0 aliphatic carbocycles. The summed E-state index contributed by atoms with van der Waals surface area (Å²) < 4.78 is 10.6. The summed E-state index contributed by atoms with van der Waals surface area (Å²) in [6.45, 7) is 6.36. The molecule has 0 atom stereocenters. The molecule has 3 aromatic rings. The van der Waals surface area contributed by atoms with Crippen LogP contribution in [0.1, 0.15) is 52.6 Å². The molecule has 0 spiro atoms. The lowest BCUT2D eigenvalue weighted by molar-refractivity contribution is 0.0734. The number of benzene rings is 3. The van der Waals surface area contributed by atoms with E-state index >= 15 is 0 Å².